The van der Waals surface area contributed by atoms with Crippen LogP contribution in [0.5, 0.6) is 0 Å². The van der Waals surface area contributed by atoms with Crippen LogP contribution in [0.1, 0.15) is 31.7 Å². The van der Waals surface area contributed by atoms with Crippen molar-refractivity contribution in [2.75, 3.05) is 31.2 Å². The number of ether oxygens (including phenoxy) is 1. The second-order valence-corrected chi connectivity index (χ2v) is 6.31. The molecule has 0 atom stereocenters. The lowest BCUT2D eigenvalue weighted by molar-refractivity contribution is -0.157. The second-order valence-electron chi connectivity index (χ2n) is 6.31. The summed E-state index contributed by atoms with van der Waals surface area (Å²) in [6.45, 7) is 5.70. The zero-order chi connectivity index (χ0) is 14.7. The first-order chi connectivity index (χ1) is 10.2. The Morgan fingerprint density at radius 1 is 1.33 bits per heavy atom. The number of pyridine rings is 1. The highest BCUT2D eigenvalue weighted by molar-refractivity contribution is 5.83. The van der Waals surface area contributed by atoms with Crippen molar-refractivity contribution in [2.45, 2.75) is 32.7 Å². The molecule has 21 heavy (non-hydrogen) atoms. The Morgan fingerprint density at radius 3 is 2.67 bits per heavy atom. The van der Waals surface area contributed by atoms with Gasteiger partial charge in [0, 0.05) is 25.8 Å². The number of amides is 1. The number of aromatic nitrogens is 1. The molecule has 1 aromatic heterocycles. The van der Waals surface area contributed by atoms with Crippen molar-refractivity contribution in [2.24, 2.45) is 5.41 Å². The van der Waals surface area contributed by atoms with Gasteiger partial charge in [0.1, 0.15) is 5.82 Å². The number of nitrogens with one attached hydrogen (secondary N) is 1. The summed E-state index contributed by atoms with van der Waals surface area (Å²) >= 11 is 0. The van der Waals surface area contributed by atoms with Gasteiger partial charge in [-0.3, -0.25) is 4.79 Å². The van der Waals surface area contributed by atoms with E-state index in [1.165, 1.54) is 19.3 Å². The minimum atomic E-state index is -0.346. The molecule has 2 aliphatic rings. The third kappa shape index (κ3) is 3.18. The van der Waals surface area contributed by atoms with Crippen molar-refractivity contribution in [3.8, 4) is 0 Å². The summed E-state index contributed by atoms with van der Waals surface area (Å²) in [7, 11) is 0. The molecule has 1 amide bonds. The largest absolute Gasteiger partial charge is 0.379 e. The number of carbonyl (C=O) groups is 1. The van der Waals surface area contributed by atoms with Gasteiger partial charge in [-0.05, 0) is 37.8 Å². The minimum absolute atomic E-state index is 0.0638. The van der Waals surface area contributed by atoms with Crippen LogP contribution in [-0.4, -0.2) is 37.2 Å². The molecule has 0 bridgehead atoms. The van der Waals surface area contributed by atoms with Crippen LogP contribution in [0.25, 0.3) is 0 Å². The highest BCUT2D eigenvalue weighted by Crippen LogP contribution is 2.26. The predicted octanol–water partition coefficient (Wildman–Crippen LogP) is 1.72. The lowest BCUT2D eigenvalue weighted by Gasteiger charge is -2.36. The van der Waals surface area contributed by atoms with Crippen LogP contribution in [0, 0.1) is 5.41 Å². The predicted molar refractivity (Wildman–Crippen MR) is 81.1 cm³/mol. The summed E-state index contributed by atoms with van der Waals surface area (Å²) in [5.41, 5.74) is 0.689. The molecular weight excluding hydrogens is 266 g/mol. The molecule has 3 rings (SSSR count). The van der Waals surface area contributed by atoms with E-state index in [4.69, 9.17) is 4.74 Å². The first kappa shape index (κ1) is 14.3. The Labute approximate surface area is 125 Å². The molecule has 3 heterocycles. The number of nitrogens with zero attached hydrogens (tertiary/aromatic N) is 2. The Balaban J connectivity index is 1.53. The Bertz CT molecular complexity index is 491. The van der Waals surface area contributed by atoms with E-state index in [1.54, 1.807) is 0 Å². The lowest BCUT2D eigenvalue weighted by atomic mass is 9.87. The average Bonchev–Trinajstić information content (AvgIpc) is 2.51. The number of rotatable bonds is 4. The fourth-order valence-corrected chi connectivity index (χ4v) is 2.77. The summed E-state index contributed by atoms with van der Waals surface area (Å²) in [5.74, 6) is 1.11. The maximum absolute atomic E-state index is 12.0. The Morgan fingerprint density at radius 2 is 2.10 bits per heavy atom. The molecule has 2 fully saturated rings. The Hall–Kier alpha value is -1.62. The highest BCUT2D eigenvalue weighted by atomic mass is 16.5. The van der Waals surface area contributed by atoms with Crippen LogP contribution in [0.4, 0.5) is 5.82 Å². The van der Waals surface area contributed by atoms with Crippen LogP contribution in [0.15, 0.2) is 18.3 Å². The van der Waals surface area contributed by atoms with Crippen molar-refractivity contribution in [3.05, 3.63) is 23.9 Å². The first-order valence-corrected chi connectivity index (χ1v) is 7.73. The van der Waals surface area contributed by atoms with Crippen LogP contribution >= 0.6 is 0 Å². The Kier molecular flexibility index (Phi) is 4.10. The van der Waals surface area contributed by atoms with E-state index in [0.29, 0.717) is 19.8 Å². The van der Waals surface area contributed by atoms with Gasteiger partial charge in [-0.1, -0.05) is 6.07 Å². The number of anilines is 1. The topological polar surface area (TPSA) is 54.5 Å². The summed E-state index contributed by atoms with van der Waals surface area (Å²) < 4.78 is 5.12. The van der Waals surface area contributed by atoms with E-state index >= 15 is 0 Å². The molecule has 5 heteroatoms. The molecule has 0 saturated carbocycles. The van der Waals surface area contributed by atoms with Gasteiger partial charge in [0.2, 0.25) is 5.91 Å². The molecule has 0 aliphatic carbocycles. The standard InChI is InChI=1S/C16H23N3O2/c1-16(11-21-12-16)15(20)18-10-13-5-6-14(17-9-13)19-7-3-2-4-8-19/h5-6,9H,2-4,7-8,10-12H2,1H3,(H,18,20). The molecule has 1 aromatic rings. The molecule has 0 radical (unpaired) electrons. The van der Waals surface area contributed by atoms with Gasteiger partial charge < -0.3 is 15.0 Å². The third-order valence-corrected chi connectivity index (χ3v) is 4.33. The van der Waals surface area contributed by atoms with Gasteiger partial charge in [0.05, 0.1) is 18.6 Å². The molecule has 1 N–H and O–H groups in total. The monoisotopic (exact) mass is 289 g/mol. The normalized spacial score (nSPS) is 20.7. The van der Waals surface area contributed by atoms with Crippen molar-refractivity contribution in [1.82, 2.24) is 10.3 Å². The van der Waals surface area contributed by atoms with Gasteiger partial charge in [0.15, 0.2) is 0 Å². The van der Waals surface area contributed by atoms with E-state index in [0.717, 1.165) is 24.5 Å². The number of piperidine rings is 1. The number of hydrogen-bond donors (Lipinski definition) is 1. The number of hydrogen-bond acceptors (Lipinski definition) is 4. The third-order valence-electron chi connectivity index (χ3n) is 4.33. The molecule has 114 valence electrons. The first-order valence-electron chi connectivity index (χ1n) is 7.73. The molecule has 0 unspecified atom stereocenters. The number of carbonyl (C=O) groups excluding carboxylic acids is 1. The van der Waals surface area contributed by atoms with E-state index in [2.05, 4.69) is 27.3 Å². The van der Waals surface area contributed by atoms with Gasteiger partial charge in [0.25, 0.3) is 0 Å². The molecule has 0 spiro atoms. The van der Waals surface area contributed by atoms with Crippen molar-refractivity contribution in [3.63, 3.8) is 0 Å². The SMILES string of the molecule is CC1(C(=O)NCc2ccc(N3CCCCC3)nc2)COC1. The van der Waals surface area contributed by atoms with Crippen LogP contribution in [0.3, 0.4) is 0 Å². The second kappa shape index (κ2) is 6.02. The molecule has 2 aliphatic heterocycles. The maximum Gasteiger partial charge on any atom is 0.230 e. The van der Waals surface area contributed by atoms with Gasteiger partial charge in [-0.25, -0.2) is 4.98 Å². The summed E-state index contributed by atoms with van der Waals surface area (Å²) in [4.78, 5) is 18.9. The quantitative estimate of drug-likeness (QED) is 0.917. The van der Waals surface area contributed by atoms with Crippen molar-refractivity contribution < 1.29 is 9.53 Å². The molecule has 0 aromatic carbocycles. The van der Waals surface area contributed by atoms with E-state index in [9.17, 15) is 4.79 Å². The summed E-state index contributed by atoms with van der Waals surface area (Å²) in [5, 5.41) is 2.97. The smallest absolute Gasteiger partial charge is 0.230 e. The van der Waals surface area contributed by atoms with E-state index in [1.807, 2.05) is 13.1 Å². The highest BCUT2D eigenvalue weighted by Gasteiger charge is 2.40. The van der Waals surface area contributed by atoms with E-state index < -0.39 is 0 Å². The average molecular weight is 289 g/mol. The van der Waals surface area contributed by atoms with Crippen LogP contribution in [-0.2, 0) is 16.1 Å². The van der Waals surface area contributed by atoms with Gasteiger partial charge >= 0.3 is 0 Å². The fraction of sp³-hybridized carbons (Fsp3) is 0.625. The lowest BCUT2D eigenvalue weighted by Crippen LogP contribution is -2.51. The minimum Gasteiger partial charge on any atom is -0.379 e. The molecule has 5 nitrogen and oxygen atoms in total. The van der Waals surface area contributed by atoms with Crippen LogP contribution < -0.4 is 10.2 Å². The van der Waals surface area contributed by atoms with Crippen LogP contribution in [0.2, 0.25) is 0 Å². The molecular formula is C16H23N3O2. The summed E-state index contributed by atoms with van der Waals surface area (Å²) in [6, 6.07) is 4.11. The zero-order valence-corrected chi connectivity index (χ0v) is 12.6. The summed E-state index contributed by atoms with van der Waals surface area (Å²) in [6.07, 6.45) is 5.69. The molecule has 2 saturated heterocycles. The van der Waals surface area contributed by atoms with Crippen molar-refractivity contribution >= 4 is 11.7 Å². The zero-order valence-electron chi connectivity index (χ0n) is 12.6. The fourth-order valence-electron chi connectivity index (χ4n) is 2.77. The van der Waals surface area contributed by atoms with E-state index in [-0.39, 0.29) is 11.3 Å². The van der Waals surface area contributed by atoms with Gasteiger partial charge in [-0.15, -0.1) is 0 Å². The van der Waals surface area contributed by atoms with Gasteiger partial charge in [-0.2, -0.15) is 0 Å². The van der Waals surface area contributed by atoms with Crippen molar-refractivity contribution in [1.29, 1.82) is 0 Å². The maximum atomic E-state index is 12.0.